The molecule has 5 heteroatoms. The van der Waals surface area contributed by atoms with Gasteiger partial charge in [0.05, 0.1) is 11.8 Å². The summed E-state index contributed by atoms with van der Waals surface area (Å²) in [7, 11) is 0. The third kappa shape index (κ3) is 4.31. The van der Waals surface area contributed by atoms with Gasteiger partial charge in [-0.2, -0.15) is 4.98 Å². The first-order valence-electron chi connectivity index (χ1n) is 6.78. The fraction of sp³-hybridized carbons (Fsp3) is 0.769. The summed E-state index contributed by atoms with van der Waals surface area (Å²) < 4.78 is 16.3. The molecular weight excluding hydrogens is 232 g/mol. The van der Waals surface area contributed by atoms with Crippen molar-refractivity contribution in [3.8, 4) is 6.08 Å². The van der Waals surface area contributed by atoms with Crippen LogP contribution in [0.3, 0.4) is 0 Å². The van der Waals surface area contributed by atoms with E-state index in [1.807, 2.05) is 0 Å². The lowest BCUT2D eigenvalue weighted by molar-refractivity contribution is -0.0167. The van der Waals surface area contributed by atoms with Crippen molar-refractivity contribution in [1.29, 1.82) is 0 Å². The topological polar surface area (TPSA) is 56.5 Å². The van der Waals surface area contributed by atoms with Crippen LogP contribution in [-0.4, -0.2) is 30.8 Å². The highest BCUT2D eigenvalue weighted by molar-refractivity contribution is 4.99. The molecule has 1 atom stereocenters. The Kier molecular flexibility index (Phi) is 5.48. The number of oxazole rings is 1. The number of aromatic nitrogens is 1. The van der Waals surface area contributed by atoms with E-state index in [2.05, 4.69) is 17.2 Å². The molecule has 1 fully saturated rings. The number of nitrogens with one attached hydrogen (secondary N) is 1. The van der Waals surface area contributed by atoms with Crippen LogP contribution in [0.1, 0.15) is 38.3 Å². The average Bonchev–Trinajstić information content (AvgIpc) is 2.86. The Morgan fingerprint density at radius 3 is 3.22 bits per heavy atom. The first kappa shape index (κ1) is 13.4. The highest BCUT2D eigenvalue weighted by Crippen LogP contribution is 2.15. The third-order valence-electron chi connectivity index (χ3n) is 2.93. The number of hydrogen-bond donors (Lipinski definition) is 1. The summed E-state index contributed by atoms with van der Waals surface area (Å²) in [6.07, 6.45) is 6.71. The van der Waals surface area contributed by atoms with Gasteiger partial charge in [-0.15, -0.1) is 0 Å². The molecule has 1 aromatic rings. The summed E-state index contributed by atoms with van der Waals surface area (Å²) >= 11 is 0. The summed E-state index contributed by atoms with van der Waals surface area (Å²) in [4.78, 5) is 4.26. The first-order chi connectivity index (χ1) is 8.88. The quantitative estimate of drug-likeness (QED) is 0.755. The van der Waals surface area contributed by atoms with Gasteiger partial charge in [0.1, 0.15) is 12.9 Å². The molecule has 18 heavy (non-hydrogen) atoms. The molecule has 0 aliphatic carbocycles. The Bertz CT molecular complexity index is 335. The van der Waals surface area contributed by atoms with Crippen LogP contribution in [0.5, 0.6) is 6.08 Å². The zero-order valence-electron chi connectivity index (χ0n) is 11.0. The van der Waals surface area contributed by atoms with Crippen LogP contribution in [0.2, 0.25) is 0 Å². The van der Waals surface area contributed by atoms with E-state index in [-0.39, 0.29) is 6.10 Å². The van der Waals surface area contributed by atoms with Crippen molar-refractivity contribution >= 4 is 0 Å². The van der Waals surface area contributed by atoms with Gasteiger partial charge in [-0.05, 0) is 32.2 Å². The van der Waals surface area contributed by atoms with Crippen LogP contribution in [0, 0.1) is 0 Å². The maximum absolute atomic E-state index is 5.58. The fourth-order valence-corrected chi connectivity index (χ4v) is 1.93. The van der Waals surface area contributed by atoms with Crippen molar-refractivity contribution in [3.63, 3.8) is 0 Å². The lowest BCUT2D eigenvalue weighted by Crippen LogP contribution is -2.25. The van der Waals surface area contributed by atoms with Crippen LogP contribution in [0.25, 0.3) is 0 Å². The van der Waals surface area contributed by atoms with Crippen molar-refractivity contribution in [3.05, 3.63) is 12.0 Å². The summed E-state index contributed by atoms with van der Waals surface area (Å²) in [5, 5.41) is 3.27. The summed E-state index contributed by atoms with van der Waals surface area (Å²) in [5.74, 6) is 0. The molecule has 2 heterocycles. The third-order valence-corrected chi connectivity index (χ3v) is 2.93. The van der Waals surface area contributed by atoms with E-state index in [9.17, 15) is 0 Å². The van der Waals surface area contributed by atoms with Gasteiger partial charge in [-0.1, -0.05) is 6.92 Å². The van der Waals surface area contributed by atoms with Crippen molar-refractivity contribution < 1.29 is 13.9 Å². The SMILES string of the molecule is CCCNCc1coc(OCC2CCCCO2)n1. The zero-order valence-corrected chi connectivity index (χ0v) is 11.0. The normalized spacial score (nSPS) is 19.9. The molecule has 0 radical (unpaired) electrons. The van der Waals surface area contributed by atoms with E-state index >= 15 is 0 Å². The predicted molar refractivity (Wildman–Crippen MR) is 67.6 cm³/mol. The second-order valence-corrected chi connectivity index (χ2v) is 4.58. The maximum Gasteiger partial charge on any atom is 0.393 e. The minimum absolute atomic E-state index is 0.187. The fourth-order valence-electron chi connectivity index (χ4n) is 1.93. The van der Waals surface area contributed by atoms with Crippen LogP contribution < -0.4 is 10.1 Å². The minimum Gasteiger partial charge on any atom is -0.447 e. The number of rotatable bonds is 7. The smallest absolute Gasteiger partial charge is 0.393 e. The molecule has 5 nitrogen and oxygen atoms in total. The van der Waals surface area contributed by atoms with Gasteiger partial charge in [-0.25, -0.2) is 0 Å². The van der Waals surface area contributed by atoms with E-state index in [1.165, 1.54) is 6.42 Å². The number of ether oxygens (including phenoxy) is 2. The van der Waals surface area contributed by atoms with E-state index in [0.29, 0.717) is 12.7 Å². The molecule has 1 unspecified atom stereocenters. The molecule has 102 valence electrons. The largest absolute Gasteiger partial charge is 0.447 e. The van der Waals surface area contributed by atoms with Crippen molar-refractivity contribution in [2.75, 3.05) is 19.8 Å². The second kappa shape index (κ2) is 7.38. The maximum atomic E-state index is 5.58. The lowest BCUT2D eigenvalue weighted by Gasteiger charge is -2.21. The predicted octanol–water partition coefficient (Wildman–Crippen LogP) is 2.12. The number of hydrogen-bond acceptors (Lipinski definition) is 5. The van der Waals surface area contributed by atoms with Gasteiger partial charge in [0.25, 0.3) is 0 Å². The van der Waals surface area contributed by atoms with Gasteiger partial charge in [0.2, 0.25) is 0 Å². The molecule has 0 amide bonds. The molecule has 1 N–H and O–H groups in total. The Labute approximate surface area is 108 Å². The molecule has 0 aromatic carbocycles. The van der Waals surface area contributed by atoms with Crippen LogP contribution in [0.4, 0.5) is 0 Å². The van der Waals surface area contributed by atoms with E-state index in [4.69, 9.17) is 13.9 Å². The van der Waals surface area contributed by atoms with Crippen LogP contribution >= 0.6 is 0 Å². The van der Waals surface area contributed by atoms with E-state index < -0.39 is 0 Å². The van der Waals surface area contributed by atoms with Gasteiger partial charge >= 0.3 is 6.08 Å². The van der Waals surface area contributed by atoms with E-state index in [0.717, 1.165) is 44.7 Å². The zero-order chi connectivity index (χ0) is 12.6. The minimum atomic E-state index is 0.187. The summed E-state index contributed by atoms with van der Waals surface area (Å²) in [6.45, 7) is 5.21. The molecule has 0 saturated carbocycles. The summed E-state index contributed by atoms with van der Waals surface area (Å²) in [6, 6.07) is 0. The summed E-state index contributed by atoms with van der Waals surface area (Å²) in [5.41, 5.74) is 0.878. The Hall–Kier alpha value is -1.07. The Morgan fingerprint density at radius 1 is 1.50 bits per heavy atom. The highest BCUT2D eigenvalue weighted by Gasteiger charge is 2.15. The molecular formula is C13H22N2O3. The first-order valence-corrected chi connectivity index (χ1v) is 6.78. The van der Waals surface area contributed by atoms with Crippen molar-refractivity contribution in [2.24, 2.45) is 0 Å². The molecule has 1 aromatic heterocycles. The van der Waals surface area contributed by atoms with Crippen LogP contribution in [0.15, 0.2) is 10.7 Å². The van der Waals surface area contributed by atoms with Gasteiger partial charge in [0.15, 0.2) is 0 Å². The van der Waals surface area contributed by atoms with Crippen molar-refractivity contribution in [2.45, 2.75) is 45.3 Å². The molecule has 1 saturated heterocycles. The highest BCUT2D eigenvalue weighted by atomic mass is 16.6. The van der Waals surface area contributed by atoms with Gasteiger partial charge in [0, 0.05) is 13.2 Å². The van der Waals surface area contributed by atoms with E-state index in [1.54, 1.807) is 6.26 Å². The molecule has 0 bridgehead atoms. The average molecular weight is 254 g/mol. The van der Waals surface area contributed by atoms with Gasteiger partial charge in [-0.3, -0.25) is 0 Å². The Balaban J connectivity index is 1.69. The molecule has 1 aliphatic heterocycles. The molecule has 0 spiro atoms. The monoisotopic (exact) mass is 254 g/mol. The molecule has 1 aliphatic rings. The number of nitrogens with zero attached hydrogens (tertiary/aromatic N) is 1. The van der Waals surface area contributed by atoms with Gasteiger partial charge < -0.3 is 19.2 Å². The second-order valence-electron chi connectivity index (χ2n) is 4.58. The van der Waals surface area contributed by atoms with Crippen LogP contribution in [-0.2, 0) is 11.3 Å². The lowest BCUT2D eigenvalue weighted by atomic mass is 10.1. The molecule has 2 rings (SSSR count). The van der Waals surface area contributed by atoms with Crippen molar-refractivity contribution in [1.82, 2.24) is 10.3 Å². The standard InChI is InChI=1S/C13H22N2O3/c1-2-6-14-8-11-9-17-13(15-11)18-10-12-5-3-4-7-16-12/h9,12,14H,2-8,10H2,1H3. The Morgan fingerprint density at radius 2 is 2.44 bits per heavy atom.